The summed E-state index contributed by atoms with van der Waals surface area (Å²) in [6.07, 6.45) is 2.39. The van der Waals surface area contributed by atoms with Crippen LogP contribution in [0.15, 0.2) is 59.7 Å². The molecule has 0 saturated carbocycles. The maximum Gasteiger partial charge on any atom is 0.306 e. The number of rotatable bonds is 11. The van der Waals surface area contributed by atoms with E-state index in [9.17, 15) is 18.4 Å². The van der Waals surface area contributed by atoms with E-state index in [1.165, 1.54) is 24.4 Å². The van der Waals surface area contributed by atoms with E-state index in [0.29, 0.717) is 12.6 Å². The summed E-state index contributed by atoms with van der Waals surface area (Å²) in [5.74, 6) is -4.14. The maximum absolute atomic E-state index is 14.4. The Morgan fingerprint density at radius 3 is 2.43 bits per heavy atom. The molecule has 8 nitrogen and oxygen atoms in total. The summed E-state index contributed by atoms with van der Waals surface area (Å²) in [5, 5.41) is 8.37. The van der Waals surface area contributed by atoms with Gasteiger partial charge in [0.15, 0.2) is 5.82 Å². The third-order valence-electron chi connectivity index (χ3n) is 5.12. The van der Waals surface area contributed by atoms with Crippen molar-refractivity contribution in [1.82, 2.24) is 25.2 Å². The minimum absolute atomic E-state index is 0.0891. The molecule has 11 heteroatoms. The molecule has 2 heterocycles. The van der Waals surface area contributed by atoms with Crippen LogP contribution in [0.3, 0.4) is 0 Å². The summed E-state index contributed by atoms with van der Waals surface area (Å²) >= 11 is 6.07. The van der Waals surface area contributed by atoms with Crippen LogP contribution in [0.5, 0.6) is 0 Å². The minimum atomic E-state index is -3.34. The molecule has 35 heavy (non-hydrogen) atoms. The molecule has 2 aromatic heterocycles. The van der Waals surface area contributed by atoms with E-state index in [1.807, 2.05) is 38.1 Å². The van der Waals surface area contributed by atoms with Crippen LogP contribution in [0.25, 0.3) is 0 Å². The number of halogens is 3. The van der Waals surface area contributed by atoms with Crippen molar-refractivity contribution in [2.45, 2.75) is 45.4 Å². The first kappa shape index (κ1) is 26.2. The lowest BCUT2D eigenvalue weighted by atomic mass is 10.1. The summed E-state index contributed by atoms with van der Waals surface area (Å²) in [6, 6.07) is 12.2. The predicted molar refractivity (Wildman–Crippen MR) is 130 cm³/mol. The Labute approximate surface area is 206 Å². The largest absolute Gasteiger partial charge is 0.359 e. The minimum Gasteiger partial charge on any atom is -0.359 e. The number of benzene rings is 1. The quantitative estimate of drug-likeness (QED) is 0.370. The molecule has 0 spiro atoms. The molecule has 0 bridgehead atoms. The van der Waals surface area contributed by atoms with Crippen molar-refractivity contribution in [2.24, 2.45) is 0 Å². The lowest BCUT2D eigenvalue weighted by Gasteiger charge is -2.17. The molecule has 0 aliphatic rings. The molecule has 0 atom stereocenters. The van der Waals surface area contributed by atoms with Crippen LogP contribution in [0.1, 0.15) is 30.7 Å². The SMILES string of the molecule is CC(C)NCc1ccccc1CNC(=O)Cn1c(Cl)cnc(NCC(F)(F)c2ccccn2)c1=O. The van der Waals surface area contributed by atoms with Gasteiger partial charge >= 0.3 is 5.92 Å². The molecule has 1 aromatic carbocycles. The normalized spacial score (nSPS) is 11.5. The zero-order valence-corrected chi connectivity index (χ0v) is 20.1. The second-order valence-corrected chi connectivity index (χ2v) is 8.56. The Bertz CT molecular complexity index is 1200. The van der Waals surface area contributed by atoms with Gasteiger partial charge in [-0.3, -0.25) is 19.1 Å². The van der Waals surface area contributed by atoms with E-state index in [4.69, 9.17) is 11.6 Å². The van der Waals surface area contributed by atoms with Crippen LogP contribution in [-0.2, 0) is 30.4 Å². The van der Waals surface area contributed by atoms with Crippen LogP contribution in [-0.4, -0.2) is 33.0 Å². The van der Waals surface area contributed by atoms with Gasteiger partial charge in [-0.2, -0.15) is 8.78 Å². The number of nitrogens with one attached hydrogen (secondary N) is 3. The van der Waals surface area contributed by atoms with Crippen LogP contribution < -0.4 is 21.5 Å². The highest BCUT2D eigenvalue weighted by Crippen LogP contribution is 2.25. The molecule has 0 unspecified atom stereocenters. The zero-order chi connectivity index (χ0) is 25.4. The summed E-state index contributed by atoms with van der Waals surface area (Å²) in [4.78, 5) is 32.8. The molecule has 186 valence electrons. The number of pyridine rings is 1. The number of nitrogens with zero attached hydrogens (tertiary/aromatic N) is 3. The van der Waals surface area contributed by atoms with E-state index < -0.39 is 36.2 Å². The van der Waals surface area contributed by atoms with Crippen LogP contribution >= 0.6 is 11.6 Å². The average molecular weight is 505 g/mol. The topological polar surface area (TPSA) is 101 Å². The monoisotopic (exact) mass is 504 g/mol. The average Bonchev–Trinajstić information content (AvgIpc) is 2.84. The van der Waals surface area contributed by atoms with Gasteiger partial charge in [0.1, 0.15) is 17.4 Å². The van der Waals surface area contributed by atoms with Gasteiger partial charge in [-0.1, -0.05) is 55.8 Å². The number of hydrogen-bond donors (Lipinski definition) is 3. The molecule has 3 rings (SSSR count). The molecule has 0 aliphatic carbocycles. The standard InChI is InChI=1S/C24H27ClF2N6O2/c1-16(2)29-11-17-7-3-4-8-18(17)12-30-21(34)14-33-20(25)13-31-22(23(33)35)32-15-24(26,27)19-9-5-6-10-28-19/h3-10,13,16,29H,11-12,14-15H2,1-2H3,(H,30,34)(H,31,32). The molecule has 0 saturated heterocycles. The molecule has 0 radical (unpaired) electrons. The van der Waals surface area contributed by atoms with Crippen molar-refractivity contribution >= 4 is 23.3 Å². The van der Waals surface area contributed by atoms with Gasteiger partial charge in [-0.15, -0.1) is 0 Å². The highest BCUT2D eigenvalue weighted by molar-refractivity contribution is 6.29. The lowest BCUT2D eigenvalue weighted by Crippen LogP contribution is -2.35. The molecule has 1 amide bonds. The van der Waals surface area contributed by atoms with Gasteiger partial charge in [0.2, 0.25) is 5.91 Å². The van der Waals surface area contributed by atoms with E-state index in [0.717, 1.165) is 21.9 Å². The fourth-order valence-corrected chi connectivity index (χ4v) is 3.40. The van der Waals surface area contributed by atoms with Gasteiger partial charge < -0.3 is 16.0 Å². The lowest BCUT2D eigenvalue weighted by molar-refractivity contribution is -0.121. The van der Waals surface area contributed by atoms with Crippen LogP contribution in [0, 0.1) is 0 Å². The number of carbonyl (C=O) groups is 1. The Morgan fingerprint density at radius 1 is 1.09 bits per heavy atom. The van der Waals surface area contributed by atoms with E-state index in [-0.39, 0.29) is 17.5 Å². The van der Waals surface area contributed by atoms with Gasteiger partial charge in [0, 0.05) is 25.3 Å². The third kappa shape index (κ3) is 7.30. The summed E-state index contributed by atoms with van der Waals surface area (Å²) in [7, 11) is 0. The van der Waals surface area contributed by atoms with Crippen LogP contribution in [0.2, 0.25) is 5.15 Å². The van der Waals surface area contributed by atoms with Crippen molar-refractivity contribution in [3.63, 3.8) is 0 Å². The summed E-state index contributed by atoms with van der Waals surface area (Å²) < 4.78 is 29.8. The van der Waals surface area contributed by atoms with E-state index in [2.05, 4.69) is 25.9 Å². The number of alkyl halides is 2. The van der Waals surface area contributed by atoms with Gasteiger partial charge in [-0.05, 0) is 23.3 Å². The first-order chi connectivity index (χ1) is 16.7. The molecule has 3 aromatic rings. The smallest absolute Gasteiger partial charge is 0.306 e. The number of aromatic nitrogens is 3. The Hall–Kier alpha value is -3.37. The van der Waals surface area contributed by atoms with Crippen molar-refractivity contribution in [1.29, 1.82) is 0 Å². The Balaban J connectivity index is 1.65. The van der Waals surface area contributed by atoms with Gasteiger partial charge in [0.05, 0.1) is 12.7 Å². The van der Waals surface area contributed by atoms with E-state index >= 15 is 0 Å². The number of anilines is 1. The first-order valence-corrected chi connectivity index (χ1v) is 11.4. The maximum atomic E-state index is 14.4. The fraction of sp³-hybridized carbons (Fsp3) is 0.333. The molecule has 3 N–H and O–H groups in total. The van der Waals surface area contributed by atoms with Crippen molar-refractivity contribution in [2.75, 3.05) is 11.9 Å². The van der Waals surface area contributed by atoms with Crippen molar-refractivity contribution < 1.29 is 13.6 Å². The second-order valence-electron chi connectivity index (χ2n) is 8.17. The van der Waals surface area contributed by atoms with Crippen LogP contribution in [0.4, 0.5) is 14.6 Å². The first-order valence-electron chi connectivity index (χ1n) is 11.0. The Kier molecular flexibility index (Phi) is 8.89. The molecular weight excluding hydrogens is 478 g/mol. The zero-order valence-electron chi connectivity index (χ0n) is 19.4. The summed E-state index contributed by atoms with van der Waals surface area (Å²) in [6.45, 7) is 3.71. The fourth-order valence-electron chi connectivity index (χ4n) is 3.21. The highest BCUT2D eigenvalue weighted by atomic mass is 35.5. The molecule has 0 fully saturated rings. The highest BCUT2D eigenvalue weighted by Gasteiger charge is 2.33. The second kappa shape index (κ2) is 11.9. The van der Waals surface area contributed by atoms with Crippen molar-refractivity contribution in [3.8, 4) is 0 Å². The van der Waals surface area contributed by atoms with Gasteiger partial charge in [-0.25, -0.2) is 4.98 Å². The molecule has 0 aliphatic heterocycles. The summed E-state index contributed by atoms with van der Waals surface area (Å²) in [5.41, 5.74) is 0.748. The van der Waals surface area contributed by atoms with E-state index in [1.54, 1.807) is 0 Å². The third-order valence-corrected chi connectivity index (χ3v) is 5.42. The number of hydrogen-bond acceptors (Lipinski definition) is 6. The predicted octanol–water partition coefficient (Wildman–Crippen LogP) is 3.31. The Morgan fingerprint density at radius 2 is 1.77 bits per heavy atom. The number of amides is 1. The molecular formula is C24H27ClF2N6O2. The van der Waals surface area contributed by atoms with Crippen molar-refractivity contribution in [3.05, 3.63) is 87.2 Å². The van der Waals surface area contributed by atoms with Gasteiger partial charge in [0.25, 0.3) is 5.56 Å². The number of carbonyl (C=O) groups excluding carboxylic acids is 1.